The van der Waals surface area contributed by atoms with Gasteiger partial charge in [0.15, 0.2) is 0 Å². The van der Waals surface area contributed by atoms with E-state index in [1.807, 2.05) is 0 Å². The number of unbranched alkanes of at least 4 members (excludes halogenated alkanes) is 1. The first kappa shape index (κ1) is 17.0. The second-order valence-corrected chi connectivity index (χ2v) is 6.32. The SMILES string of the molecule is CCCCC(CC)CN(CCC)CC1CCCCN1. The Kier molecular flexibility index (Phi) is 9.54. The molecular formula is C17H36N2. The average Bonchev–Trinajstić information content (AvgIpc) is 2.44. The maximum absolute atomic E-state index is 3.70. The zero-order chi connectivity index (χ0) is 13.9. The van der Waals surface area contributed by atoms with Crippen molar-refractivity contribution in [3.8, 4) is 0 Å². The summed E-state index contributed by atoms with van der Waals surface area (Å²) < 4.78 is 0. The van der Waals surface area contributed by atoms with E-state index in [0.717, 1.165) is 12.0 Å². The van der Waals surface area contributed by atoms with Gasteiger partial charge in [-0.2, -0.15) is 0 Å². The first-order chi connectivity index (χ1) is 9.30. The molecule has 0 saturated carbocycles. The van der Waals surface area contributed by atoms with Crippen molar-refractivity contribution in [2.45, 2.75) is 78.2 Å². The van der Waals surface area contributed by atoms with Gasteiger partial charge in [-0.25, -0.2) is 0 Å². The quantitative estimate of drug-likeness (QED) is 0.643. The van der Waals surface area contributed by atoms with Crippen LogP contribution < -0.4 is 5.32 Å². The highest BCUT2D eigenvalue weighted by Crippen LogP contribution is 2.16. The molecule has 1 N–H and O–H groups in total. The average molecular weight is 268 g/mol. The van der Waals surface area contributed by atoms with Crippen molar-refractivity contribution in [1.82, 2.24) is 10.2 Å². The number of hydrogen-bond acceptors (Lipinski definition) is 2. The lowest BCUT2D eigenvalue weighted by atomic mass is 9.97. The van der Waals surface area contributed by atoms with E-state index in [1.54, 1.807) is 0 Å². The van der Waals surface area contributed by atoms with Crippen molar-refractivity contribution in [2.75, 3.05) is 26.2 Å². The van der Waals surface area contributed by atoms with Crippen LogP contribution in [-0.4, -0.2) is 37.1 Å². The van der Waals surface area contributed by atoms with Gasteiger partial charge >= 0.3 is 0 Å². The molecule has 1 aliphatic heterocycles. The summed E-state index contributed by atoms with van der Waals surface area (Å²) in [5, 5.41) is 3.70. The van der Waals surface area contributed by atoms with E-state index in [2.05, 4.69) is 31.0 Å². The number of rotatable bonds is 10. The summed E-state index contributed by atoms with van der Waals surface area (Å²) >= 11 is 0. The normalized spacial score (nSPS) is 21.8. The molecule has 1 saturated heterocycles. The highest BCUT2D eigenvalue weighted by atomic mass is 15.1. The summed E-state index contributed by atoms with van der Waals surface area (Å²) in [5.74, 6) is 0.912. The Labute approximate surface area is 121 Å². The molecule has 2 unspecified atom stereocenters. The van der Waals surface area contributed by atoms with Gasteiger partial charge < -0.3 is 10.2 Å². The van der Waals surface area contributed by atoms with Gasteiger partial charge in [-0.05, 0) is 44.7 Å². The van der Waals surface area contributed by atoms with Crippen molar-refractivity contribution < 1.29 is 0 Å². The molecule has 0 aromatic rings. The standard InChI is InChI=1S/C17H36N2/c1-4-7-10-16(6-3)14-19(13-5-2)15-17-11-8-9-12-18-17/h16-18H,4-15H2,1-3H3. The molecule has 0 aromatic carbocycles. The minimum Gasteiger partial charge on any atom is -0.313 e. The number of nitrogens with one attached hydrogen (secondary N) is 1. The highest BCUT2D eigenvalue weighted by Gasteiger charge is 2.18. The fraction of sp³-hybridized carbons (Fsp3) is 1.00. The van der Waals surface area contributed by atoms with Gasteiger partial charge in [-0.1, -0.05) is 46.5 Å². The highest BCUT2D eigenvalue weighted by molar-refractivity contribution is 4.77. The molecule has 2 heteroatoms. The van der Waals surface area contributed by atoms with E-state index in [1.165, 1.54) is 77.5 Å². The fourth-order valence-corrected chi connectivity index (χ4v) is 3.25. The molecule has 2 atom stereocenters. The number of nitrogens with zero attached hydrogens (tertiary/aromatic N) is 1. The fourth-order valence-electron chi connectivity index (χ4n) is 3.25. The van der Waals surface area contributed by atoms with Crippen molar-refractivity contribution in [3.63, 3.8) is 0 Å². The van der Waals surface area contributed by atoms with Crippen molar-refractivity contribution in [3.05, 3.63) is 0 Å². The third-order valence-corrected chi connectivity index (χ3v) is 4.49. The molecule has 2 nitrogen and oxygen atoms in total. The molecule has 0 amide bonds. The molecule has 0 bridgehead atoms. The van der Waals surface area contributed by atoms with Crippen LogP contribution >= 0.6 is 0 Å². The molecule has 1 heterocycles. The lowest BCUT2D eigenvalue weighted by Crippen LogP contribution is -2.45. The minimum atomic E-state index is 0.754. The lowest BCUT2D eigenvalue weighted by Gasteiger charge is -2.32. The Hall–Kier alpha value is -0.0800. The molecule has 1 aliphatic rings. The summed E-state index contributed by atoms with van der Waals surface area (Å²) in [6, 6.07) is 0.754. The Morgan fingerprint density at radius 3 is 2.58 bits per heavy atom. The number of piperidine rings is 1. The first-order valence-corrected chi connectivity index (χ1v) is 8.75. The van der Waals surface area contributed by atoms with Crippen LogP contribution in [0.4, 0.5) is 0 Å². The molecule has 1 rings (SSSR count). The molecule has 0 radical (unpaired) electrons. The van der Waals surface area contributed by atoms with Gasteiger partial charge in [-0.15, -0.1) is 0 Å². The van der Waals surface area contributed by atoms with Crippen LogP contribution in [0, 0.1) is 5.92 Å². The predicted molar refractivity (Wildman–Crippen MR) is 85.7 cm³/mol. The van der Waals surface area contributed by atoms with Gasteiger partial charge in [0, 0.05) is 19.1 Å². The third-order valence-electron chi connectivity index (χ3n) is 4.49. The van der Waals surface area contributed by atoms with Crippen LogP contribution in [0.1, 0.15) is 72.1 Å². The molecule has 0 aliphatic carbocycles. The Morgan fingerprint density at radius 2 is 2.00 bits per heavy atom. The Morgan fingerprint density at radius 1 is 1.16 bits per heavy atom. The summed E-state index contributed by atoms with van der Waals surface area (Å²) in [6.45, 7) is 12.1. The maximum Gasteiger partial charge on any atom is 0.0195 e. The summed E-state index contributed by atoms with van der Waals surface area (Å²) in [5.41, 5.74) is 0. The molecular weight excluding hydrogens is 232 g/mol. The van der Waals surface area contributed by atoms with Crippen LogP contribution in [0.25, 0.3) is 0 Å². The van der Waals surface area contributed by atoms with Crippen LogP contribution in [0.15, 0.2) is 0 Å². The monoisotopic (exact) mass is 268 g/mol. The van der Waals surface area contributed by atoms with E-state index >= 15 is 0 Å². The van der Waals surface area contributed by atoms with Crippen LogP contribution in [-0.2, 0) is 0 Å². The van der Waals surface area contributed by atoms with E-state index in [0.29, 0.717) is 0 Å². The van der Waals surface area contributed by atoms with Crippen molar-refractivity contribution in [1.29, 1.82) is 0 Å². The van der Waals surface area contributed by atoms with E-state index in [-0.39, 0.29) is 0 Å². The molecule has 114 valence electrons. The smallest absolute Gasteiger partial charge is 0.0195 e. The zero-order valence-corrected chi connectivity index (χ0v) is 13.6. The van der Waals surface area contributed by atoms with E-state index in [4.69, 9.17) is 0 Å². The summed E-state index contributed by atoms with van der Waals surface area (Å²) in [7, 11) is 0. The van der Waals surface area contributed by atoms with Crippen molar-refractivity contribution >= 4 is 0 Å². The first-order valence-electron chi connectivity index (χ1n) is 8.75. The lowest BCUT2D eigenvalue weighted by molar-refractivity contribution is 0.187. The van der Waals surface area contributed by atoms with Crippen LogP contribution in [0.3, 0.4) is 0 Å². The van der Waals surface area contributed by atoms with Gasteiger partial charge in [0.25, 0.3) is 0 Å². The molecule has 0 spiro atoms. The second-order valence-electron chi connectivity index (χ2n) is 6.32. The van der Waals surface area contributed by atoms with Gasteiger partial charge in [0.1, 0.15) is 0 Å². The van der Waals surface area contributed by atoms with E-state index < -0.39 is 0 Å². The van der Waals surface area contributed by atoms with Gasteiger partial charge in [0.05, 0.1) is 0 Å². The summed E-state index contributed by atoms with van der Waals surface area (Å²) in [6.07, 6.45) is 11.0. The predicted octanol–water partition coefficient (Wildman–Crippen LogP) is 4.06. The van der Waals surface area contributed by atoms with Crippen molar-refractivity contribution in [2.24, 2.45) is 5.92 Å². The topological polar surface area (TPSA) is 15.3 Å². The Bertz CT molecular complexity index is 199. The molecule has 1 fully saturated rings. The van der Waals surface area contributed by atoms with Crippen LogP contribution in [0.2, 0.25) is 0 Å². The van der Waals surface area contributed by atoms with Gasteiger partial charge in [0.2, 0.25) is 0 Å². The van der Waals surface area contributed by atoms with Crippen LogP contribution in [0.5, 0.6) is 0 Å². The molecule has 19 heavy (non-hydrogen) atoms. The Balaban J connectivity index is 2.36. The maximum atomic E-state index is 3.70. The minimum absolute atomic E-state index is 0.754. The largest absolute Gasteiger partial charge is 0.313 e. The van der Waals surface area contributed by atoms with E-state index in [9.17, 15) is 0 Å². The summed E-state index contributed by atoms with van der Waals surface area (Å²) in [4.78, 5) is 2.73. The molecule has 0 aromatic heterocycles. The second kappa shape index (κ2) is 10.7. The third kappa shape index (κ3) is 7.31. The number of hydrogen-bond donors (Lipinski definition) is 1. The van der Waals surface area contributed by atoms with Gasteiger partial charge in [-0.3, -0.25) is 0 Å². The zero-order valence-electron chi connectivity index (χ0n) is 13.6.